The minimum atomic E-state index is -1.72. The number of aliphatic hydroxyl groups is 7. The van der Waals surface area contributed by atoms with E-state index in [1.165, 1.54) is 89.9 Å². The van der Waals surface area contributed by atoms with Crippen molar-refractivity contribution in [3.05, 3.63) is 60.8 Å². The van der Waals surface area contributed by atoms with Gasteiger partial charge in [-0.15, -0.1) is 0 Å². The molecule has 0 radical (unpaired) electrons. The van der Waals surface area contributed by atoms with E-state index in [1.807, 2.05) is 0 Å². The fourth-order valence-electron chi connectivity index (χ4n) is 8.37. The number of esters is 1. The summed E-state index contributed by atoms with van der Waals surface area (Å²) in [6.07, 6.45) is 35.7. The van der Waals surface area contributed by atoms with Crippen LogP contribution in [0.4, 0.5) is 0 Å². The molecule has 2 aliphatic heterocycles. The summed E-state index contributed by atoms with van der Waals surface area (Å²) in [6.45, 7) is 3.48. The normalized spacial score (nSPS) is 26.0. The van der Waals surface area contributed by atoms with Crippen molar-refractivity contribution in [1.29, 1.82) is 0 Å². The van der Waals surface area contributed by atoms with E-state index in [0.29, 0.717) is 13.0 Å². The Hall–Kier alpha value is -2.31. The van der Waals surface area contributed by atoms with Gasteiger partial charge in [0.2, 0.25) is 0 Å². The third-order valence-electron chi connectivity index (χ3n) is 12.8. The highest BCUT2D eigenvalue weighted by atomic mass is 16.7. The summed E-state index contributed by atoms with van der Waals surface area (Å²) >= 11 is 0. The standard InChI is InChI=1S/C56H98O14/c1-3-5-7-9-11-13-15-17-19-21-23-25-27-29-31-33-35-37-39-48(58)68-45(42-65-40-38-36-34-32-30-28-26-24-22-20-18-16-14-12-10-8-6-4-2)43-66-55-54(64)52(62)50(60)47(70-55)44-67-56-53(63)51(61)49(59)46(41-57)69-56/h6,8,12,14,18,20,24,26,30,32,45-47,49-57,59-64H,3-5,7,9-11,13,15-17,19,21-23,25,27-29,31,33-44H2,1-2H3/b8-6-,14-12-,20-18-,26-24-,32-30-. The number of unbranched alkanes of at least 4 members (excludes halogenated alkanes) is 19. The molecular weight excluding hydrogens is 897 g/mol. The van der Waals surface area contributed by atoms with E-state index in [1.54, 1.807) is 0 Å². The molecule has 2 heterocycles. The van der Waals surface area contributed by atoms with Gasteiger partial charge < -0.3 is 64.2 Å². The second kappa shape index (κ2) is 43.1. The predicted octanol–water partition coefficient (Wildman–Crippen LogP) is 8.91. The number of hydrogen-bond acceptors (Lipinski definition) is 14. The molecule has 2 saturated heterocycles. The molecule has 2 aliphatic rings. The Bertz CT molecular complexity index is 1390. The summed E-state index contributed by atoms with van der Waals surface area (Å²) in [4.78, 5) is 13.0. The van der Waals surface area contributed by atoms with Crippen LogP contribution >= 0.6 is 0 Å². The zero-order valence-electron chi connectivity index (χ0n) is 43.2. The van der Waals surface area contributed by atoms with Crippen molar-refractivity contribution in [2.75, 3.05) is 33.0 Å². The molecule has 2 fully saturated rings. The Morgan fingerprint density at radius 3 is 1.43 bits per heavy atom. The van der Waals surface area contributed by atoms with E-state index in [2.05, 4.69) is 74.6 Å². The van der Waals surface area contributed by atoms with Gasteiger partial charge in [-0.05, 0) is 57.8 Å². The molecule has 2 rings (SSSR count). The molecule has 0 spiro atoms. The zero-order chi connectivity index (χ0) is 50.9. The van der Waals surface area contributed by atoms with Crippen molar-refractivity contribution in [3.8, 4) is 0 Å². The Morgan fingerprint density at radius 2 is 0.929 bits per heavy atom. The van der Waals surface area contributed by atoms with Crippen molar-refractivity contribution in [2.45, 2.75) is 255 Å². The number of aliphatic hydroxyl groups excluding tert-OH is 7. The lowest BCUT2D eigenvalue weighted by Gasteiger charge is -2.42. The summed E-state index contributed by atoms with van der Waals surface area (Å²) < 4.78 is 34.3. The van der Waals surface area contributed by atoms with Crippen LogP contribution in [-0.2, 0) is 33.2 Å². The summed E-state index contributed by atoms with van der Waals surface area (Å²) in [5, 5.41) is 72.2. The largest absolute Gasteiger partial charge is 0.457 e. The second-order valence-corrected chi connectivity index (χ2v) is 19.0. The number of rotatable bonds is 43. The van der Waals surface area contributed by atoms with E-state index in [4.69, 9.17) is 28.4 Å². The maximum absolute atomic E-state index is 13.0. The Kier molecular flexibility index (Phi) is 39.3. The average molecular weight is 995 g/mol. The third kappa shape index (κ3) is 30.0. The molecule has 11 unspecified atom stereocenters. The van der Waals surface area contributed by atoms with E-state index in [9.17, 15) is 40.5 Å². The third-order valence-corrected chi connectivity index (χ3v) is 12.8. The molecule has 0 amide bonds. The van der Waals surface area contributed by atoms with E-state index < -0.39 is 86.7 Å². The van der Waals surface area contributed by atoms with Crippen LogP contribution in [0.25, 0.3) is 0 Å². The van der Waals surface area contributed by atoms with Gasteiger partial charge in [0, 0.05) is 13.0 Å². The van der Waals surface area contributed by atoms with Crippen LogP contribution in [0.1, 0.15) is 187 Å². The van der Waals surface area contributed by atoms with Gasteiger partial charge >= 0.3 is 5.97 Å². The fraction of sp³-hybridized carbons (Fsp3) is 0.804. The summed E-state index contributed by atoms with van der Waals surface area (Å²) in [5.74, 6) is -0.390. The monoisotopic (exact) mass is 995 g/mol. The van der Waals surface area contributed by atoms with Crippen molar-refractivity contribution in [1.82, 2.24) is 0 Å². The molecule has 14 heteroatoms. The topological polar surface area (TPSA) is 214 Å². The smallest absolute Gasteiger partial charge is 0.306 e. The highest BCUT2D eigenvalue weighted by Crippen LogP contribution is 2.26. The molecule has 11 atom stereocenters. The van der Waals surface area contributed by atoms with Gasteiger partial charge in [0.25, 0.3) is 0 Å². The lowest BCUT2D eigenvalue weighted by molar-refractivity contribution is -0.332. The molecule has 0 bridgehead atoms. The maximum atomic E-state index is 13.0. The Labute approximate surface area is 422 Å². The summed E-state index contributed by atoms with van der Waals surface area (Å²) in [5.41, 5.74) is 0. The van der Waals surface area contributed by atoms with Crippen molar-refractivity contribution in [2.24, 2.45) is 0 Å². The van der Waals surface area contributed by atoms with Gasteiger partial charge in [0.15, 0.2) is 12.6 Å². The van der Waals surface area contributed by atoms with Gasteiger partial charge in [-0.2, -0.15) is 0 Å². The van der Waals surface area contributed by atoms with Crippen LogP contribution in [0, 0.1) is 0 Å². The summed E-state index contributed by atoms with van der Waals surface area (Å²) in [6, 6.07) is 0. The molecule has 406 valence electrons. The minimum Gasteiger partial charge on any atom is -0.457 e. The number of ether oxygens (including phenoxy) is 6. The van der Waals surface area contributed by atoms with Gasteiger partial charge in [-0.25, -0.2) is 0 Å². The molecule has 0 aliphatic carbocycles. The van der Waals surface area contributed by atoms with Crippen LogP contribution in [0.5, 0.6) is 0 Å². The number of carbonyl (C=O) groups excluding carboxylic acids is 1. The Morgan fingerprint density at radius 1 is 0.486 bits per heavy atom. The quantitative estimate of drug-likeness (QED) is 0.0173. The highest BCUT2D eigenvalue weighted by Gasteiger charge is 2.47. The van der Waals surface area contributed by atoms with E-state index in [-0.39, 0.29) is 19.6 Å². The molecule has 0 aromatic carbocycles. The Balaban J connectivity index is 1.77. The first-order valence-corrected chi connectivity index (χ1v) is 27.4. The van der Waals surface area contributed by atoms with Gasteiger partial charge in [-0.1, -0.05) is 184 Å². The molecule has 0 aromatic heterocycles. The predicted molar refractivity (Wildman–Crippen MR) is 275 cm³/mol. The SMILES string of the molecule is CC/C=C\C/C=C\C/C=C\C/C=C\C/C=C\CCCCOCC(COC1OC(COC2OC(CO)C(O)C(O)C2O)C(O)C(O)C1O)OC(=O)CCCCCCCCCCCCCCCCCCCC. The second-order valence-electron chi connectivity index (χ2n) is 19.0. The summed E-state index contributed by atoms with van der Waals surface area (Å²) in [7, 11) is 0. The number of allylic oxidation sites excluding steroid dienone is 10. The van der Waals surface area contributed by atoms with Crippen LogP contribution < -0.4 is 0 Å². The number of hydrogen-bond donors (Lipinski definition) is 7. The van der Waals surface area contributed by atoms with Crippen LogP contribution in [0.3, 0.4) is 0 Å². The molecular formula is C56H98O14. The van der Waals surface area contributed by atoms with Gasteiger partial charge in [0.05, 0.1) is 26.4 Å². The fourth-order valence-corrected chi connectivity index (χ4v) is 8.37. The minimum absolute atomic E-state index is 0.0319. The van der Waals surface area contributed by atoms with Crippen molar-refractivity contribution in [3.63, 3.8) is 0 Å². The maximum Gasteiger partial charge on any atom is 0.306 e. The van der Waals surface area contributed by atoms with E-state index in [0.717, 1.165) is 70.6 Å². The van der Waals surface area contributed by atoms with Gasteiger partial charge in [-0.3, -0.25) is 4.79 Å². The molecule has 0 aromatic rings. The van der Waals surface area contributed by atoms with E-state index >= 15 is 0 Å². The zero-order valence-corrected chi connectivity index (χ0v) is 43.2. The van der Waals surface area contributed by atoms with Gasteiger partial charge in [0.1, 0.15) is 54.9 Å². The van der Waals surface area contributed by atoms with Crippen LogP contribution in [0.15, 0.2) is 60.8 Å². The first kappa shape index (κ1) is 63.8. The van der Waals surface area contributed by atoms with Crippen LogP contribution in [0.2, 0.25) is 0 Å². The first-order chi connectivity index (χ1) is 34.1. The molecule has 7 N–H and O–H groups in total. The van der Waals surface area contributed by atoms with Crippen LogP contribution in [-0.4, -0.2) is 142 Å². The highest BCUT2D eigenvalue weighted by molar-refractivity contribution is 5.69. The van der Waals surface area contributed by atoms with Crippen molar-refractivity contribution < 1.29 is 69.0 Å². The average Bonchev–Trinajstić information content (AvgIpc) is 3.36. The lowest BCUT2D eigenvalue weighted by atomic mass is 9.98. The molecule has 70 heavy (non-hydrogen) atoms. The van der Waals surface area contributed by atoms with Crippen molar-refractivity contribution >= 4 is 5.97 Å². The lowest BCUT2D eigenvalue weighted by Crippen LogP contribution is -2.61. The first-order valence-electron chi connectivity index (χ1n) is 27.4. The molecule has 0 saturated carbocycles. The number of carbonyl (C=O) groups is 1. The molecule has 14 nitrogen and oxygen atoms in total.